The van der Waals surface area contributed by atoms with Crippen LogP contribution in [0.3, 0.4) is 0 Å². The number of carbonyl (C=O) groups excluding carboxylic acids is 1. The van der Waals surface area contributed by atoms with Gasteiger partial charge in [-0.2, -0.15) is 13.8 Å². The quantitative estimate of drug-likeness (QED) is 0.671. The minimum absolute atomic E-state index is 0.0555. The Kier molecular flexibility index (Phi) is 4.82. The normalized spacial score (nSPS) is 16.9. The Labute approximate surface area is 111 Å². The van der Waals surface area contributed by atoms with Crippen molar-refractivity contribution in [1.29, 1.82) is 0 Å². The minimum Gasteiger partial charge on any atom is -0.322 e. The molecule has 0 radical (unpaired) electrons. The van der Waals surface area contributed by atoms with E-state index in [1.165, 1.54) is 18.9 Å². The van der Waals surface area contributed by atoms with Crippen molar-refractivity contribution < 1.29 is 13.6 Å². The lowest BCUT2D eigenvalue weighted by Crippen LogP contribution is -2.17. The molecular formula is C14H18F2N2O. The summed E-state index contributed by atoms with van der Waals surface area (Å²) in [6, 6.07) is 2.23. The zero-order valence-corrected chi connectivity index (χ0v) is 10.8. The standard InChI is InChI=1S/C14H18F2N2O/c15-12-8-7-11(14(16)18-12)17-13(19)9-10-5-3-1-2-4-6-10/h7-8,10H,1-6,9H2,(H,17,19). The second kappa shape index (κ2) is 6.59. The fraction of sp³-hybridized carbons (Fsp3) is 0.571. The fourth-order valence-electron chi connectivity index (χ4n) is 2.54. The lowest BCUT2D eigenvalue weighted by molar-refractivity contribution is -0.117. The van der Waals surface area contributed by atoms with E-state index in [0.29, 0.717) is 12.3 Å². The molecule has 1 saturated carbocycles. The third-order valence-corrected chi connectivity index (χ3v) is 3.54. The maximum atomic E-state index is 13.3. The van der Waals surface area contributed by atoms with Gasteiger partial charge in [0.1, 0.15) is 0 Å². The number of nitrogens with zero attached hydrogens (tertiary/aromatic N) is 1. The molecule has 1 aliphatic rings. The van der Waals surface area contributed by atoms with E-state index in [1.54, 1.807) is 0 Å². The number of rotatable bonds is 3. The molecule has 0 aromatic carbocycles. The van der Waals surface area contributed by atoms with Crippen LogP contribution in [0.5, 0.6) is 0 Å². The van der Waals surface area contributed by atoms with Gasteiger partial charge in [0, 0.05) is 6.42 Å². The van der Waals surface area contributed by atoms with E-state index in [0.717, 1.165) is 31.7 Å². The molecule has 0 spiro atoms. The van der Waals surface area contributed by atoms with Crippen molar-refractivity contribution in [2.75, 3.05) is 5.32 Å². The molecule has 1 aromatic heterocycles. The van der Waals surface area contributed by atoms with Crippen molar-refractivity contribution in [3.05, 3.63) is 24.0 Å². The molecule has 3 nitrogen and oxygen atoms in total. The van der Waals surface area contributed by atoms with E-state index < -0.39 is 11.9 Å². The number of anilines is 1. The first-order valence-electron chi connectivity index (χ1n) is 6.77. The Balaban J connectivity index is 1.89. The van der Waals surface area contributed by atoms with Gasteiger partial charge in [0.2, 0.25) is 17.8 Å². The maximum Gasteiger partial charge on any atom is 0.239 e. The van der Waals surface area contributed by atoms with Crippen molar-refractivity contribution in [3.8, 4) is 0 Å². The van der Waals surface area contributed by atoms with Gasteiger partial charge in [-0.05, 0) is 30.9 Å². The van der Waals surface area contributed by atoms with Gasteiger partial charge in [-0.3, -0.25) is 4.79 Å². The number of nitrogens with one attached hydrogen (secondary N) is 1. The van der Waals surface area contributed by atoms with Crippen molar-refractivity contribution in [3.63, 3.8) is 0 Å². The third-order valence-electron chi connectivity index (χ3n) is 3.54. The first-order valence-corrected chi connectivity index (χ1v) is 6.77. The summed E-state index contributed by atoms with van der Waals surface area (Å²) in [5.41, 5.74) is -0.0555. The summed E-state index contributed by atoms with van der Waals surface area (Å²) < 4.78 is 25.9. The first-order chi connectivity index (χ1) is 9.15. The van der Waals surface area contributed by atoms with Gasteiger partial charge in [-0.1, -0.05) is 25.7 Å². The van der Waals surface area contributed by atoms with Crippen LogP contribution in [0.25, 0.3) is 0 Å². The Morgan fingerprint density at radius 1 is 1.21 bits per heavy atom. The van der Waals surface area contributed by atoms with Crippen LogP contribution in [0, 0.1) is 17.8 Å². The predicted molar refractivity (Wildman–Crippen MR) is 68.6 cm³/mol. The molecule has 0 bridgehead atoms. The molecule has 0 unspecified atom stereocenters. The van der Waals surface area contributed by atoms with E-state index >= 15 is 0 Å². The summed E-state index contributed by atoms with van der Waals surface area (Å²) in [5.74, 6) is -1.72. The van der Waals surface area contributed by atoms with E-state index in [-0.39, 0.29) is 11.6 Å². The van der Waals surface area contributed by atoms with E-state index in [4.69, 9.17) is 0 Å². The number of carbonyl (C=O) groups is 1. The fourth-order valence-corrected chi connectivity index (χ4v) is 2.54. The van der Waals surface area contributed by atoms with Crippen molar-refractivity contribution in [2.45, 2.75) is 44.9 Å². The molecule has 1 N–H and O–H groups in total. The van der Waals surface area contributed by atoms with E-state index in [9.17, 15) is 13.6 Å². The van der Waals surface area contributed by atoms with Gasteiger partial charge in [0.15, 0.2) is 0 Å². The highest BCUT2D eigenvalue weighted by Gasteiger charge is 2.17. The van der Waals surface area contributed by atoms with Crippen molar-refractivity contribution >= 4 is 11.6 Å². The molecule has 0 atom stereocenters. The van der Waals surface area contributed by atoms with Gasteiger partial charge in [-0.15, -0.1) is 0 Å². The Morgan fingerprint density at radius 3 is 2.53 bits per heavy atom. The topological polar surface area (TPSA) is 42.0 Å². The van der Waals surface area contributed by atoms with E-state index in [1.807, 2.05) is 0 Å². The van der Waals surface area contributed by atoms with Crippen LogP contribution < -0.4 is 5.32 Å². The maximum absolute atomic E-state index is 13.3. The van der Waals surface area contributed by atoms with Crippen LogP contribution in [0.1, 0.15) is 44.9 Å². The van der Waals surface area contributed by atoms with Crippen LogP contribution in [0.2, 0.25) is 0 Å². The van der Waals surface area contributed by atoms with Crippen molar-refractivity contribution in [2.24, 2.45) is 5.92 Å². The molecule has 104 valence electrons. The second-order valence-corrected chi connectivity index (χ2v) is 5.08. The number of amides is 1. The Morgan fingerprint density at radius 2 is 1.89 bits per heavy atom. The molecule has 1 amide bonds. The van der Waals surface area contributed by atoms with Crippen LogP contribution in [0.15, 0.2) is 12.1 Å². The lowest BCUT2D eigenvalue weighted by atomic mass is 9.96. The largest absolute Gasteiger partial charge is 0.322 e. The number of halogens is 2. The zero-order chi connectivity index (χ0) is 13.7. The molecule has 1 aliphatic carbocycles. The molecule has 0 saturated heterocycles. The highest BCUT2D eigenvalue weighted by atomic mass is 19.1. The number of hydrogen-bond donors (Lipinski definition) is 1. The zero-order valence-electron chi connectivity index (χ0n) is 10.8. The van der Waals surface area contributed by atoms with Gasteiger partial charge in [-0.25, -0.2) is 0 Å². The van der Waals surface area contributed by atoms with Gasteiger partial charge in [0.05, 0.1) is 5.69 Å². The number of hydrogen-bond acceptors (Lipinski definition) is 2. The highest BCUT2D eigenvalue weighted by molar-refractivity contribution is 5.90. The van der Waals surface area contributed by atoms with Gasteiger partial charge in [0.25, 0.3) is 0 Å². The predicted octanol–water partition coefficient (Wildman–Crippen LogP) is 3.66. The summed E-state index contributed by atoms with van der Waals surface area (Å²) in [4.78, 5) is 14.9. The molecule has 2 rings (SSSR count). The number of aromatic nitrogens is 1. The summed E-state index contributed by atoms with van der Waals surface area (Å²) in [6.45, 7) is 0. The van der Waals surface area contributed by atoms with Crippen LogP contribution in [-0.2, 0) is 4.79 Å². The second-order valence-electron chi connectivity index (χ2n) is 5.08. The third kappa shape index (κ3) is 4.26. The minimum atomic E-state index is -0.978. The van der Waals surface area contributed by atoms with Crippen LogP contribution in [-0.4, -0.2) is 10.9 Å². The smallest absolute Gasteiger partial charge is 0.239 e. The molecular weight excluding hydrogens is 250 g/mol. The molecule has 5 heteroatoms. The number of pyridine rings is 1. The average Bonchev–Trinajstić information content (AvgIpc) is 2.61. The average molecular weight is 268 g/mol. The van der Waals surface area contributed by atoms with E-state index in [2.05, 4.69) is 10.3 Å². The first kappa shape index (κ1) is 13.9. The Hall–Kier alpha value is -1.52. The highest BCUT2D eigenvalue weighted by Crippen LogP contribution is 2.25. The molecule has 19 heavy (non-hydrogen) atoms. The lowest BCUT2D eigenvalue weighted by Gasteiger charge is -2.13. The monoisotopic (exact) mass is 268 g/mol. The van der Waals surface area contributed by atoms with Crippen molar-refractivity contribution in [1.82, 2.24) is 4.98 Å². The van der Waals surface area contributed by atoms with Gasteiger partial charge < -0.3 is 5.32 Å². The summed E-state index contributed by atoms with van der Waals surface area (Å²) in [5, 5.41) is 2.46. The Bertz CT molecular complexity index is 443. The summed E-state index contributed by atoms with van der Waals surface area (Å²) in [6.07, 6.45) is 7.28. The van der Waals surface area contributed by atoms with Gasteiger partial charge >= 0.3 is 0 Å². The summed E-state index contributed by atoms with van der Waals surface area (Å²) >= 11 is 0. The summed E-state index contributed by atoms with van der Waals surface area (Å²) in [7, 11) is 0. The molecule has 1 fully saturated rings. The van der Waals surface area contributed by atoms with Crippen LogP contribution in [0.4, 0.5) is 14.5 Å². The SMILES string of the molecule is O=C(CC1CCCCCC1)Nc1ccc(F)nc1F. The molecule has 0 aliphatic heterocycles. The molecule has 1 heterocycles. The molecule has 1 aromatic rings. The van der Waals surface area contributed by atoms with Crippen LogP contribution >= 0.6 is 0 Å².